The normalized spacial score (nSPS) is 17.7. The van der Waals surface area contributed by atoms with E-state index in [0.717, 1.165) is 32.0 Å². The van der Waals surface area contributed by atoms with Crippen molar-refractivity contribution >= 4 is 17.4 Å². The van der Waals surface area contributed by atoms with Crippen LogP contribution >= 0.6 is 0 Å². The minimum atomic E-state index is 0.0344. The zero-order valence-electron chi connectivity index (χ0n) is 17.0. The highest BCUT2D eigenvalue weighted by molar-refractivity contribution is 6.03. The van der Waals surface area contributed by atoms with Gasteiger partial charge in [0.15, 0.2) is 5.82 Å². The molecule has 2 aliphatic rings. The second-order valence-electron chi connectivity index (χ2n) is 7.81. The number of hydrogen-bond donors (Lipinski definition) is 1. The number of carbonyl (C=O) groups excluding carboxylic acids is 1. The summed E-state index contributed by atoms with van der Waals surface area (Å²) in [6.07, 6.45) is 6.04. The third-order valence-corrected chi connectivity index (χ3v) is 5.89. The summed E-state index contributed by atoms with van der Waals surface area (Å²) in [6, 6.07) is 10.8. The Morgan fingerprint density at radius 1 is 1.14 bits per heavy atom. The summed E-state index contributed by atoms with van der Waals surface area (Å²) in [5.74, 6) is 1.92. The van der Waals surface area contributed by atoms with Gasteiger partial charge in [0, 0.05) is 6.54 Å². The molecule has 1 N–H and O–H groups in total. The van der Waals surface area contributed by atoms with Crippen LogP contribution in [0.25, 0.3) is 0 Å². The predicted octanol–water partition coefficient (Wildman–Crippen LogP) is 2.59. The first kappa shape index (κ1) is 19.6. The first-order chi connectivity index (χ1) is 14.2. The van der Waals surface area contributed by atoms with Gasteiger partial charge in [-0.15, -0.1) is 0 Å². The molecule has 0 aliphatic carbocycles. The van der Waals surface area contributed by atoms with Gasteiger partial charge in [0.05, 0.1) is 13.7 Å². The summed E-state index contributed by atoms with van der Waals surface area (Å²) in [6.45, 7) is 4.19. The van der Waals surface area contributed by atoms with Crippen molar-refractivity contribution in [1.29, 1.82) is 0 Å². The van der Waals surface area contributed by atoms with Gasteiger partial charge in [0.2, 0.25) is 11.8 Å². The van der Waals surface area contributed by atoms with Gasteiger partial charge in [0.25, 0.3) is 0 Å². The lowest BCUT2D eigenvalue weighted by Gasteiger charge is -2.33. The highest BCUT2D eigenvalue weighted by atomic mass is 16.5. The number of aromatic nitrogens is 2. The van der Waals surface area contributed by atoms with Crippen LogP contribution in [0.2, 0.25) is 0 Å². The lowest BCUT2D eigenvalue weighted by Crippen LogP contribution is -2.42. The average molecular weight is 396 g/mol. The fraction of sp³-hybridized carbons (Fsp3) is 0.500. The molecule has 0 unspecified atom stereocenters. The Balaban J connectivity index is 1.27. The number of likely N-dealkylation sites (tertiary alicyclic amines) is 1. The number of carbonyl (C=O) groups is 1. The van der Waals surface area contributed by atoms with Crippen molar-refractivity contribution in [3.8, 4) is 5.88 Å². The molecule has 0 saturated carbocycles. The Morgan fingerprint density at radius 3 is 2.69 bits per heavy atom. The Bertz CT molecular complexity index is 807. The van der Waals surface area contributed by atoms with Crippen molar-refractivity contribution in [3.05, 3.63) is 42.2 Å². The summed E-state index contributed by atoms with van der Waals surface area (Å²) < 4.78 is 5.35. The molecule has 0 atom stereocenters. The average Bonchev–Trinajstić information content (AvgIpc) is 2.76. The monoisotopic (exact) mass is 395 g/mol. The second kappa shape index (κ2) is 9.22. The summed E-state index contributed by atoms with van der Waals surface area (Å²) in [7, 11) is 1.57. The molecule has 1 aromatic heterocycles. The number of benzene rings is 1. The second-order valence-corrected chi connectivity index (χ2v) is 7.81. The molecule has 3 heterocycles. The Kier molecular flexibility index (Phi) is 6.24. The standard InChI is InChI=1S/C22H29N5O2/c1-29-22-20-21(24-16-25-22)23-15-19(28)27(20)11-5-10-26-12-8-18(9-13-26)14-17-6-3-2-4-7-17/h2-4,6-7,16,18H,5,8-15H2,1H3,(H,23,24,25). The molecule has 4 rings (SSSR count). The molecule has 2 aromatic rings. The summed E-state index contributed by atoms with van der Waals surface area (Å²) in [4.78, 5) is 25.2. The molecule has 7 nitrogen and oxygen atoms in total. The maximum absolute atomic E-state index is 12.5. The van der Waals surface area contributed by atoms with Crippen LogP contribution in [-0.2, 0) is 11.2 Å². The molecule has 7 heteroatoms. The van der Waals surface area contributed by atoms with Crippen LogP contribution in [0.4, 0.5) is 11.5 Å². The highest BCUT2D eigenvalue weighted by Crippen LogP contribution is 2.35. The van der Waals surface area contributed by atoms with E-state index >= 15 is 0 Å². The maximum atomic E-state index is 12.5. The first-order valence-electron chi connectivity index (χ1n) is 10.4. The molecule has 0 bridgehead atoms. The Labute approximate surface area is 172 Å². The lowest BCUT2D eigenvalue weighted by atomic mass is 9.90. The van der Waals surface area contributed by atoms with Crippen molar-refractivity contribution in [3.63, 3.8) is 0 Å². The number of methoxy groups -OCH3 is 1. The van der Waals surface area contributed by atoms with Gasteiger partial charge >= 0.3 is 0 Å². The lowest BCUT2D eigenvalue weighted by molar-refractivity contribution is -0.117. The van der Waals surface area contributed by atoms with E-state index in [-0.39, 0.29) is 12.5 Å². The van der Waals surface area contributed by atoms with Crippen LogP contribution in [0, 0.1) is 5.92 Å². The predicted molar refractivity (Wildman–Crippen MR) is 113 cm³/mol. The van der Waals surface area contributed by atoms with E-state index < -0.39 is 0 Å². The van der Waals surface area contributed by atoms with Crippen molar-refractivity contribution in [1.82, 2.24) is 14.9 Å². The third-order valence-electron chi connectivity index (χ3n) is 5.89. The zero-order valence-corrected chi connectivity index (χ0v) is 17.0. The van der Waals surface area contributed by atoms with Crippen LogP contribution < -0.4 is 15.0 Å². The largest absolute Gasteiger partial charge is 0.479 e. The number of fused-ring (bicyclic) bond motifs is 1. The topological polar surface area (TPSA) is 70.6 Å². The molecule has 1 fully saturated rings. The van der Waals surface area contributed by atoms with E-state index in [4.69, 9.17) is 4.74 Å². The number of anilines is 2. The van der Waals surface area contributed by atoms with Crippen LogP contribution in [0.5, 0.6) is 5.88 Å². The van der Waals surface area contributed by atoms with Gasteiger partial charge < -0.3 is 19.9 Å². The molecular weight excluding hydrogens is 366 g/mol. The van der Waals surface area contributed by atoms with Gasteiger partial charge in [-0.05, 0) is 56.8 Å². The quantitative estimate of drug-likeness (QED) is 0.777. The van der Waals surface area contributed by atoms with Gasteiger partial charge in [0.1, 0.15) is 12.0 Å². The van der Waals surface area contributed by atoms with Crippen molar-refractivity contribution < 1.29 is 9.53 Å². The van der Waals surface area contributed by atoms with Gasteiger partial charge in [-0.2, -0.15) is 4.98 Å². The smallest absolute Gasteiger partial charge is 0.246 e. The number of hydrogen-bond acceptors (Lipinski definition) is 6. The van der Waals surface area contributed by atoms with Crippen molar-refractivity contribution in [2.45, 2.75) is 25.7 Å². The fourth-order valence-electron chi connectivity index (χ4n) is 4.31. The summed E-state index contributed by atoms with van der Waals surface area (Å²) in [5.41, 5.74) is 2.10. The maximum Gasteiger partial charge on any atom is 0.246 e. The SMILES string of the molecule is COc1ncnc2c1N(CCCN1CCC(Cc3ccccc3)CC1)C(=O)CN2. The summed E-state index contributed by atoms with van der Waals surface area (Å²) >= 11 is 0. The molecule has 2 aliphatic heterocycles. The van der Waals surface area contributed by atoms with E-state index in [1.807, 2.05) is 0 Å². The highest BCUT2D eigenvalue weighted by Gasteiger charge is 2.29. The Hall–Kier alpha value is -2.67. The fourth-order valence-corrected chi connectivity index (χ4v) is 4.31. The number of amides is 1. The van der Waals surface area contributed by atoms with Crippen molar-refractivity contribution in [2.75, 3.05) is 50.1 Å². The molecule has 0 spiro atoms. The summed E-state index contributed by atoms with van der Waals surface area (Å²) in [5, 5.41) is 3.05. The molecule has 1 amide bonds. The molecule has 0 radical (unpaired) electrons. The minimum absolute atomic E-state index is 0.0344. The molecule has 29 heavy (non-hydrogen) atoms. The Morgan fingerprint density at radius 2 is 1.93 bits per heavy atom. The third kappa shape index (κ3) is 4.67. The van der Waals surface area contributed by atoms with Gasteiger partial charge in [-0.3, -0.25) is 4.79 Å². The minimum Gasteiger partial charge on any atom is -0.479 e. The number of ether oxygens (including phenoxy) is 1. The number of piperidine rings is 1. The van der Waals surface area contributed by atoms with E-state index in [0.29, 0.717) is 23.9 Å². The molecule has 1 aromatic carbocycles. The number of rotatable bonds is 7. The van der Waals surface area contributed by atoms with E-state index in [1.54, 1.807) is 12.0 Å². The van der Waals surface area contributed by atoms with Gasteiger partial charge in [-0.1, -0.05) is 30.3 Å². The van der Waals surface area contributed by atoms with E-state index in [1.165, 1.54) is 31.2 Å². The van der Waals surface area contributed by atoms with E-state index in [9.17, 15) is 4.79 Å². The number of nitrogens with one attached hydrogen (secondary N) is 1. The molecule has 154 valence electrons. The van der Waals surface area contributed by atoms with E-state index in [2.05, 4.69) is 50.5 Å². The molecule has 1 saturated heterocycles. The molecular formula is C22H29N5O2. The van der Waals surface area contributed by atoms with Crippen LogP contribution in [0.3, 0.4) is 0 Å². The van der Waals surface area contributed by atoms with Crippen LogP contribution in [0.1, 0.15) is 24.8 Å². The first-order valence-corrected chi connectivity index (χ1v) is 10.4. The van der Waals surface area contributed by atoms with Gasteiger partial charge in [-0.25, -0.2) is 4.98 Å². The van der Waals surface area contributed by atoms with Crippen LogP contribution in [-0.4, -0.2) is 60.6 Å². The zero-order chi connectivity index (χ0) is 20.1. The van der Waals surface area contributed by atoms with Crippen LogP contribution in [0.15, 0.2) is 36.7 Å². The van der Waals surface area contributed by atoms with Crippen molar-refractivity contribution in [2.24, 2.45) is 5.92 Å². The number of nitrogens with zero attached hydrogens (tertiary/aromatic N) is 4.